The fourth-order valence-electron chi connectivity index (χ4n) is 3.35. The van der Waals surface area contributed by atoms with Gasteiger partial charge < -0.3 is 15.5 Å². The summed E-state index contributed by atoms with van der Waals surface area (Å²) < 4.78 is 0. The zero-order valence-electron chi connectivity index (χ0n) is 16.5. The van der Waals surface area contributed by atoms with Crippen LogP contribution >= 0.6 is 24.0 Å². The van der Waals surface area contributed by atoms with E-state index in [9.17, 15) is 4.79 Å². The first-order chi connectivity index (χ1) is 12.0. The second-order valence-electron chi connectivity index (χ2n) is 6.83. The summed E-state index contributed by atoms with van der Waals surface area (Å²) in [6.45, 7) is 11.5. The molecule has 146 valence electrons. The number of rotatable bonds is 6. The molecule has 0 saturated carbocycles. The van der Waals surface area contributed by atoms with Crippen molar-refractivity contribution in [1.82, 2.24) is 15.5 Å². The van der Waals surface area contributed by atoms with Crippen LogP contribution in [0.5, 0.6) is 0 Å². The molecule has 1 unspecified atom stereocenters. The van der Waals surface area contributed by atoms with Crippen LogP contribution in [-0.2, 0) is 11.2 Å². The predicted octanol–water partition coefficient (Wildman–Crippen LogP) is 3.03. The first-order valence-corrected chi connectivity index (χ1v) is 9.41. The van der Waals surface area contributed by atoms with Gasteiger partial charge in [0.15, 0.2) is 5.96 Å². The van der Waals surface area contributed by atoms with E-state index in [0.717, 1.165) is 45.0 Å². The SMILES string of the molecule is CCNC(=NCCc1cc(C)cc(C)c1)NC1CCN(C(=O)CC)C1.I. The van der Waals surface area contributed by atoms with Gasteiger partial charge in [-0.05, 0) is 39.2 Å². The van der Waals surface area contributed by atoms with E-state index < -0.39 is 0 Å². The zero-order chi connectivity index (χ0) is 18.2. The van der Waals surface area contributed by atoms with Crippen molar-refractivity contribution in [1.29, 1.82) is 0 Å². The molecule has 26 heavy (non-hydrogen) atoms. The molecule has 0 bridgehead atoms. The Hall–Kier alpha value is -1.31. The lowest BCUT2D eigenvalue weighted by molar-refractivity contribution is -0.129. The van der Waals surface area contributed by atoms with Gasteiger partial charge in [0.05, 0.1) is 0 Å². The smallest absolute Gasteiger partial charge is 0.222 e. The number of aryl methyl sites for hydroxylation is 2. The van der Waals surface area contributed by atoms with Gasteiger partial charge in [-0.1, -0.05) is 36.2 Å². The average molecular weight is 472 g/mol. The van der Waals surface area contributed by atoms with Gasteiger partial charge in [0.2, 0.25) is 5.91 Å². The van der Waals surface area contributed by atoms with Crippen LogP contribution in [0.1, 0.15) is 43.4 Å². The third kappa shape index (κ3) is 7.13. The number of carbonyl (C=O) groups excluding carboxylic acids is 1. The van der Waals surface area contributed by atoms with Crippen LogP contribution in [0.2, 0.25) is 0 Å². The number of benzene rings is 1. The summed E-state index contributed by atoms with van der Waals surface area (Å²) in [5.74, 6) is 1.09. The Kier molecular flexibility index (Phi) is 9.98. The predicted molar refractivity (Wildman–Crippen MR) is 119 cm³/mol. The molecule has 1 heterocycles. The molecule has 1 fully saturated rings. The Morgan fingerprint density at radius 3 is 2.54 bits per heavy atom. The van der Waals surface area contributed by atoms with Gasteiger partial charge in [0, 0.05) is 38.6 Å². The maximum absolute atomic E-state index is 11.8. The third-order valence-electron chi connectivity index (χ3n) is 4.48. The molecule has 0 aromatic heterocycles. The number of hydrogen-bond donors (Lipinski definition) is 2. The van der Waals surface area contributed by atoms with Crippen LogP contribution in [0.3, 0.4) is 0 Å². The van der Waals surface area contributed by atoms with Gasteiger partial charge >= 0.3 is 0 Å². The number of hydrogen-bond acceptors (Lipinski definition) is 2. The van der Waals surface area contributed by atoms with Crippen molar-refractivity contribution >= 4 is 35.8 Å². The molecule has 2 N–H and O–H groups in total. The van der Waals surface area contributed by atoms with Crippen molar-refractivity contribution in [2.75, 3.05) is 26.2 Å². The zero-order valence-corrected chi connectivity index (χ0v) is 18.8. The van der Waals surface area contributed by atoms with E-state index in [-0.39, 0.29) is 35.9 Å². The number of aliphatic imine (C=N–C) groups is 1. The molecule has 1 amide bonds. The summed E-state index contributed by atoms with van der Waals surface area (Å²) in [6, 6.07) is 6.94. The van der Waals surface area contributed by atoms with E-state index in [1.54, 1.807) is 0 Å². The van der Waals surface area contributed by atoms with E-state index in [1.807, 2.05) is 11.8 Å². The minimum absolute atomic E-state index is 0. The molecule has 0 radical (unpaired) electrons. The molecule has 1 aliphatic heterocycles. The Balaban J connectivity index is 0.00000338. The average Bonchev–Trinajstić information content (AvgIpc) is 3.02. The second kappa shape index (κ2) is 11.4. The largest absolute Gasteiger partial charge is 0.357 e. The van der Waals surface area contributed by atoms with Crippen LogP contribution in [0.25, 0.3) is 0 Å². The molecule has 1 aromatic carbocycles. The van der Waals surface area contributed by atoms with E-state index in [4.69, 9.17) is 4.99 Å². The standard InChI is InChI=1S/C20H32N4O.HI/c1-5-19(25)24-10-8-18(14-24)23-20(21-6-2)22-9-7-17-12-15(3)11-16(4)13-17;/h11-13,18H,5-10,14H2,1-4H3,(H2,21,22,23);1H. The first kappa shape index (κ1) is 22.7. The normalized spacial score (nSPS) is 17.0. The van der Waals surface area contributed by atoms with Gasteiger partial charge in [0.1, 0.15) is 0 Å². The first-order valence-electron chi connectivity index (χ1n) is 9.41. The van der Waals surface area contributed by atoms with E-state index in [1.165, 1.54) is 16.7 Å². The number of nitrogens with zero attached hydrogens (tertiary/aromatic N) is 2. The molecular weight excluding hydrogens is 439 g/mol. The van der Waals surface area contributed by atoms with Crippen LogP contribution in [0, 0.1) is 13.8 Å². The molecule has 2 rings (SSSR count). The van der Waals surface area contributed by atoms with Crippen molar-refractivity contribution in [3.05, 3.63) is 34.9 Å². The number of carbonyl (C=O) groups is 1. The Morgan fingerprint density at radius 2 is 1.92 bits per heavy atom. The molecule has 1 atom stereocenters. The van der Waals surface area contributed by atoms with Crippen LogP contribution < -0.4 is 10.6 Å². The van der Waals surface area contributed by atoms with E-state index in [0.29, 0.717) is 6.42 Å². The number of guanidine groups is 1. The summed E-state index contributed by atoms with van der Waals surface area (Å²) in [5.41, 5.74) is 3.93. The molecule has 6 heteroatoms. The van der Waals surface area contributed by atoms with Crippen LogP contribution in [0.15, 0.2) is 23.2 Å². The summed E-state index contributed by atoms with van der Waals surface area (Å²) in [7, 11) is 0. The highest BCUT2D eigenvalue weighted by Gasteiger charge is 2.25. The monoisotopic (exact) mass is 472 g/mol. The number of amides is 1. The maximum atomic E-state index is 11.8. The molecule has 1 aliphatic rings. The Labute approximate surface area is 175 Å². The van der Waals surface area contributed by atoms with Crippen molar-refractivity contribution in [2.24, 2.45) is 4.99 Å². The Bertz CT molecular complexity index is 598. The van der Waals surface area contributed by atoms with Gasteiger partial charge in [0.25, 0.3) is 0 Å². The highest BCUT2D eigenvalue weighted by Crippen LogP contribution is 2.11. The van der Waals surface area contributed by atoms with Gasteiger partial charge in [-0.2, -0.15) is 0 Å². The molecular formula is C20H33IN4O. The number of halogens is 1. The highest BCUT2D eigenvalue weighted by molar-refractivity contribution is 14.0. The van der Waals surface area contributed by atoms with Gasteiger partial charge in [-0.25, -0.2) is 0 Å². The lowest BCUT2D eigenvalue weighted by atomic mass is 10.1. The third-order valence-corrected chi connectivity index (χ3v) is 4.48. The van der Waals surface area contributed by atoms with Crippen molar-refractivity contribution < 1.29 is 4.79 Å². The molecule has 0 aliphatic carbocycles. The van der Waals surface area contributed by atoms with Crippen molar-refractivity contribution in [2.45, 2.75) is 53.0 Å². The van der Waals surface area contributed by atoms with Crippen molar-refractivity contribution in [3.8, 4) is 0 Å². The minimum Gasteiger partial charge on any atom is -0.357 e. The van der Waals surface area contributed by atoms with E-state index in [2.05, 4.69) is 49.6 Å². The summed E-state index contributed by atoms with van der Waals surface area (Å²) in [4.78, 5) is 18.5. The summed E-state index contributed by atoms with van der Waals surface area (Å²) in [5, 5.41) is 6.79. The lowest BCUT2D eigenvalue weighted by Gasteiger charge is -2.18. The highest BCUT2D eigenvalue weighted by atomic mass is 127. The fraction of sp³-hybridized carbons (Fsp3) is 0.600. The molecule has 1 aromatic rings. The van der Waals surface area contributed by atoms with Gasteiger partial charge in [-0.3, -0.25) is 9.79 Å². The van der Waals surface area contributed by atoms with Crippen molar-refractivity contribution in [3.63, 3.8) is 0 Å². The van der Waals surface area contributed by atoms with Crippen LogP contribution in [0.4, 0.5) is 0 Å². The topological polar surface area (TPSA) is 56.7 Å². The number of nitrogens with one attached hydrogen (secondary N) is 2. The summed E-state index contributed by atoms with van der Waals surface area (Å²) in [6.07, 6.45) is 2.49. The molecule has 0 spiro atoms. The maximum Gasteiger partial charge on any atom is 0.222 e. The second-order valence-corrected chi connectivity index (χ2v) is 6.83. The minimum atomic E-state index is 0. The molecule has 5 nitrogen and oxygen atoms in total. The molecule has 1 saturated heterocycles. The van der Waals surface area contributed by atoms with E-state index >= 15 is 0 Å². The lowest BCUT2D eigenvalue weighted by Crippen LogP contribution is -2.45. The quantitative estimate of drug-likeness (QED) is 0.380. The van der Waals surface area contributed by atoms with Gasteiger partial charge in [-0.15, -0.1) is 24.0 Å². The van der Waals surface area contributed by atoms with Crippen LogP contribution in [-0.4, -0.2) is 49.0 Å². The number of likely N-dealkylation sites (tertiary alicyclic amines) is 1. The summed E-state index contributed by atoms with van der Waals surface area (Å²) >= 11 is 0. The Morgan fingerprint density at radius 1 is 1.23 bits per heavy atom. The fourth-order valence-corrected chi connectivity index (χ4v) is 3.35.